The van der Waals surface area contributed by atoms with Crippen molar-refractivity contribution in [3.63, 3.8) is 0 Å². The Morgan fingerprint density at radius 2 is 2.17 bits per heavy atom. The van der Waals surface area contributed by atoms with Gasteiger partial charge in [-0.1, -0.05) is 6.08 Å². The van der Waals surface area contributed by atoms with E-state index in [1.807, 2.05) is 0 Å². The third-order valence-corrected chi connectivity index (χ3v) is 0.263. The quantitative estimate of drug-likeness (QED) is 0.303. The van der Waals surface area contributed by atoms with Crippen molar-refractivity contribution in [2.24, 2.45) is 0 Å². The van der Waals surface area contributed by atoms with Gasteiger partial charge in [-0.3, -0.25) is 0 Å². The van der Waals surface area contributed by atoms with Crippen molar-refractivity contribution in [3.8, 4) is 0 Å². The predicted octanol–water partition coefficient (Wildman–Crippen LogP) is 0.759. The van der Waals surface area contributed by atoms with Gasteiger partial charge in [-0.05, 0) is 0 Å². The van der Waals surface area contributed by atoms with E-state index in [1.54, 1.807) is 6.08 Å². The topological polar surface area (TPSA) is 17.1 Å². The van der Waals surface area contributed by atoms with Crippen LogP contribution in [0.1, 0.15) is 6.42 Å². The van der Waals surface area contributed by atoms with Crippen LogP contribution < -0.4 is 0 Å². The van der Waals surface area contributed by atoms with Gasteiger partial charge >= 0.3 is 0 Å². The fourth-order valence-electron chi connectivity index (χ4n) is 0.0680. The van der Waals surface area contributed by atoms with Crippen LogP contribution in [0.5, 0.6) is 0 Å². The van der Waals surface area contributed by atoms with Gasteiger partial charge in [-0.15, -0.1) is 6.58 Å². The fourth-order valence-corrected chi connectivity index (χ4v) is 0.0680. The number of carbonyl (C=O) groups excluding carboxylic acids is 1. The van der Waals surface area contributed by atoms with Crippen molar-refractivity contribution >= 4 is 6.29 Å². The first-order valence-corrected chi connectivity index (χ1v) is 1.46. The average molecular weight is 126 g/mol. The smallest absolute Gasteiger partial charge is 0.123 e. The minimum atomic E-state index is 0. The molecule has 0 heterocycles. The van der Waals surface area contributed by atoms with Crippen LogP contribution in [0, 0.1) is 0 Å². The number of hydrogen-bond donors (Lipinski definition) is 0. The number of rotatable bonds is 2. The third kappa shape index (κ3) is 9.06. The van der Waals surface area contributed by atoms with E-state index in [9.17, 15) is 4.79 Å². The standard InChI is InChI=1S/C4H6O.Fe/c1-2-3-4-5;/h2,4H,1,3H2;. The number of aldehydes is 1. The average Bonchev–Trinajstić information content (AvgIpc) is 1.41. The molecular formula is C4H6FeO. The van der Waals surface area contributed by atoms with Crippen molar-refractivity contribution in [2.75, 3.05) is 0 Å². The van der Waals surface area contributed by atoms with Crippen LogP contribution in [0.4, 0.5) is 0 Å². The normalized spacial score (nSPS) is 5.33. The first kappa shape index (κ1) is 9.33. The van der Waals surface area contributed by atoms with Gasteiger partial charge in [0.15, 0.2) is 0 Å². The Hall–Kier alpha value is -0.0705. The van der Waals surface area contributed by atoms with Crippen molar-refractivity contribution in [3.05, 3.63) is 12.7 Å². The first-order chi connectivity index (χ1) is 2.41. The molecule has 0 radical (unpaired) electrons. The summed E-state index contributed by atoms with van der Waals surface area (Å²) in [6.07, 6.45) is 2.85. The summed E-state index contributed by atoms with van der Waals surface area (Å²) >= 11 is 0. The molecule has 6 heavy (non-hydrogen) atoms. The summed E-state index contributed by atoms with van der Waals surface area (Å²) in [6.45, 7) is 3.32. The van der Waals surface area contributed by atoms with Crippen molar-refractivity contribution in [1.82, 2.24) is 0 Å². The fraction of sp³-hybridized carbons (Fsp3) is 0.250. The maximum Gasteiger partial charge on any atom is 0.123 e. The molecule has 0 aromatic heterocycles. The van der Waals surface area contributed by atoms with Crippen molar-refractivity contribution in [1.29, 1.82) is 0 Å². The molecule has 2 heteroatoms. The maximum atomic E-state index is 9.33. The van der Waals surface area contributed by atoms with E-state index in [4.69, 9.17) is 0 Å². The van der Waals surface area contributed by atoms with Crippen LogP contribution >= 0.6 is 0 Å². The summed E-state index contributed by atoms with van der Waals surface area (Å²) in [7, 11) is 0. The molecule has 0 N–H and O–H groups in total. The molecule has 0 unspecified atom stereocenters. The molecular weight excluding hydrogens is 120 g/mol. The molecule has 0 spiro atoms. The Labute approximate surface area is 47.9 Å². The zero-order valence-corrected chi connectivity index (χ0v) is 4.43. The molecule has 0 atom stereocenters. The predicted molar refractivity (Wildman–Crippen MR) is 20.9 cm³/mol. The molecule has 1 nitrogen and oxygen atoms in total. The Kier molecular flexibility index (Phi) is 13.8. The van der Waals surface area contributed by atoms with Crippen LogP contribution in [0.2, 0.25) is 0 Å². The Morgan fingerprint density at radius 1 is 1.67 bits per heavy atom. The number of hydrogen-bond acceptors (Lipinski definition) is 1. The second-order valence-electron chi connectivity index (χ2n) is 0.691. The van der Waals surface area contributed by atoms with Gasteiger partial charge in [0.25, 0.3) is 0 Å². The minimum absolute atomic E-state index is 0. The van der Waals surface area contributed by atoms with E-state index in [1.165, 1.54) is 0 Å². The molecule has 0 rings (SSSR count). The summed E-state index contributed by atoms with van der Waals surface area (Å²) in [4.78, 5) is 9.33. The number of allylic oxidation sites excluding steroid dienone is 1. The third-order valence-electron chi connectivity index (χ3n) is 0.263. The van der Waals surface area contributed by atoms with E-state index < -0.39 is 0 Å². The molecule has 36 valence electrons. The molecule has 0 aliphatic heterocycles. The van der Waals surface area contributed by atoms with Gasteiger partial charge in [0, 0.05) is 23.5 Å². The molecule has 0 aromatic rings. The van der Waals surface area contributed by atoms with E-state index in [0.29, 0.717) is 6.42 Å². The molecule has 0 amide bonds. The molecule has 0 aliphatic carbocycles. The van der Waals surface area contributed by atoms with Gasteiger partial charge in [0.05, 0.1) is 0 Å². The van der Waals surface area contributed by atoms with E-state index in [2.05, 4.69) is 6.58 Å². The second-order valence-corrected chi connectivity index (χ2v) is 0.691. The SMILES string of the molecule is C=CCC=O.[Fe]. The van der Waals surface area contributed by atoms with Crippen LogP contribution in [-0.4, -0.2) is 6.29 Å². The van der Waals surface area contributed by atoms with Crippen LogP contribution in [0.15, 0.2) is 12.7 Å². The van der Waals surface area contributed by atoms with E-state index in [0.717, 1.165) is 6.29 Å². The van der Waals surface area contributed by atoms with Crippen LogP contribution in [0.3, 0.4) is 0 Å². The minimum Gasteiger partial charge on any atom is -0.303 e. The van der Waals surface area contributed by atoms with Gasteiger partial charge < -0.3 is 4.79 Å². The first-order valence-electron chi connectivity index (χ1n) is 1.46. The van der Waals surface area contributed by atoms with Crippen molar-refractivity contribution < 1.29 is 21.9 Å². The molecule has 0 aliphatic rings. The summed E-state index contributed by atoms with van der Waals surface area (Å²) in [6, 6.07) is 0. The zero-order valence-electron chi connectivity index (χ0n) is 3.33. The maximum absolute atomic E-state index is 9.33. The largest absolute Gasteiger partial charge is 0.303 e. The molecule has 0 aromatic carbocycles. The molecule has 0 saturated heterocycles. The van der Waals surface area contributed by atoms with Gasteiger partial charge in [-0.25, -0.2) is 0 Å². The zero-order chi connectivity index (χ0) is 4.12. The molecule has 0 saturated carbocycles. The van der Waals surface area contributed by atoms with E-state index in [-0.39, 0.29) is 17.1 Å². The Bertz CT molecular complexity index is 36.8. The summed E-state index contributed by atoms with van der Waals surface area (Å²) in [5.74, 6) is 0. The summed E-state index contributed by atoms with van der Waals surface area (Å²) < 4.78 is 0. The monoisotopic (exact) mass is 126 g/mol. The Morgan fingerprint density at radius 3 is 2.17 bits per heavy atom. The van der Waals surface area contributed by atoms with Crippen LogP contribution in [-0.2, 0) is 21.9 Å². The van der Waals surface area contributed by atoms with E-state index >= 15 is 0 Å². The second kappa shape index (κ2) is 8.87. The Balaban J connectivity index is 0. The molecule has 0 bridgehead atoms. The van der Waals surface area contributed by atoms with Gasteiger partial charge in [0.1, 0.15) is 6.29 Å². The number of carbonyl (C=O) groups is 1. The van der Waals surface area contributed by atoms with Gasteiger partial charge in [0.2, 0.25) is 0 Å². The van der Waals surface area contributed by atoms with Crippen LogP contribution in [0.25, 0.3) is 0 Å². The summed E-state index contributed by atoms with van der Waals surface area (Å²) in [5.41, 5.74) is 0. The molecule has 0 fully saturated rings. The van der Waals surface area contributed by atoms with Crippen molar-refractivity contribution in [2.45, 2.75) is 6.42 Å². The summed E-state index contributed by atoms with van der Waals surface area (Å²) in [5, 5.41) is 0. The van der Waals surface area contributed by atoms with Gasteiger partial charge in [-0.2, -0.15) is 0 Å².